The fourth-order valence-electron chi connectivity index (χ4n) is 2.32. The van der Waals surface area contributed by atoms with Crippen LogP contribution in [0.2, 0.25) is 0 Å². The van der Waals surface area contributed by atoms with Crippen molar-refractivity contribution in [2.75, 3.05) is 26.7 Å². The van der Waals surface area contributed by atoms with E-state index in [1.165, 1.54) is 0 Å². The Balaban J connectivity index is 1.86. The first-order valence-corrected chi connectivity index (χ1v) is 6.61. The lowest BCUT2D eigenvalue weighted by atomic mass is 9.80. The quantitative estimate of drug-likeness (QED) is 0.886. The molecule has 0 radical (unpaired) electrons. The molecule has 0 atom stereocenters. The summed E-state index contributed by atoms with van der Waals surface area (Å²) in [6.45, 7) is 5.29. The number of likely N-dealkylation sites (tertiary alicyclic amines) is 1. The molecule has 1 N–H and O–H groups in total. The van der Waals surface area contributed by atoms with E-state index in [-0.39, 0.29) is 11.3 Å². The molecule has 1 aliphatic heterocycles. The number of carbonyl (C=O) groups is 1. The predicted molar refractivity (Wildman–Crippen MR) is 73.6 cm³/mol. The number of carbonyl (C=O) groups excluding carboxylic acids is 1. The maximum Gasteiger partial charge on any atom is 0.251 e. The van der Waals surface area contributed by atoms with Crippen LogP contribution in [0.25, 0.3) is 0 Å². The van der Waals surface area contributed by atoms with Crippen molar-refractivity contribution < 1.29 is 4.79 Å². The van der Waals surface area contributed by atoms with Gasteiger partial charge in [-0.2, -0.15) is 0 Å². The Bertz CT molecular complexity index is 394. The molecule has 0 unspecified atom stereocenters. The summed E-state index contributed by atoms with van der Waals surface area (Å²) >= 11 is 0. The number of hydrogen-bond acceptors (Lipinski definition) is 2. The van der Waals surface area contributed by atoms with E-state index in [9.17, 15) is 4.79 Å². The summed E-state index contributed by atoms with van der Waals surface area (Å²) < 4.78 is 0. The monoisotopic (exact) mass is 246 g/mol. The van der Waals surface area contributed by atoms with E-state index < -0.39 is 0 Å². The smallest absolute Gasteiger partial charge is 0.251 e. The Morgan fingerprint density at radius 1 is 1.28 bits per heavy atom. The highest BCUT2D eigenvalue weighted by atomic mass is 16.1. The topological polar surface area (TPSA) is 32.3 Å². The number of rotatable bonds is 3. The lowest BCUT2D eigenvalue weighted by Gasteiger charge is -2.37. The van der Waals surface area contributed by atoms with Crippen molar-refractivity contribution in [3.8, 4) is 0 Å². The molecule has 18 heavy (non-hydrogen) atoms. The van der Waals surface area contributed by atoms with Crippen molar-refractivity contribution in [3.63, 3.8) is 0 Å². The van der Waals surface area contributed by atoms with Crippen LogP contribution in [-0.2, 0) is 0 Å². The number of nitrogens with zero attached hydrogens (tertiary/aromatic N) is 1. The third-order valence-corrected chi connectivity index (χ3v) is 3.91. The van der Waals surface area contributed by atoms with Crippen molar-refractivity contribution in [2.45, 2.75) is 19.8 Å². The molecule has 1 fully saturated rings. The highest BCUT2D eigenvalue weighted by molar-refractivity contribution is 5.94. The van der Waals surface area contributed by atoms with Crippen LogP contribution in [0.5, 0.6) is 0 Å². The van der Waals surface area contributed by atoms with E-state index in [1.54, 1.807) is 0 Å². The lowest BCUT2D eigenvalue weighted by molar-refractivity contribution is 0.0891. The molecule has 1 aromatic rings. The van der Waals surface area contributed by atoms with Gasteiger partial charge in [-0.15, -0.1) is 0 Å². The van der Waals surface area contributed by atoms with Gasteiger partial charge in [0.05, 0.1) is 0 Å². The standard InChI is InChI=1S/C15H22N2O/c1-15(8-10-17(2)11-9-15)12-16-14(18)13-6-4-3-5-7-13/h3-7H,8-12H2,1-2H3,(H,16,18). The lowest BCUT2D eigenvalue weighted by Crippen LogP contribution is -2.43. The molecule has 1 aliphatic rings. The zero-order valence-electron chi connectivity index (χ0n) is 11.3. The fourth-order valence-corrected chi connectivity index (χ4v) is 2.32. The average Bonchev–Trinajstić information content (AvgIpc) is 2.41. The molecule has 1 aromatic carbocycles. The van der Waals surface area contributed by atoms with Gasteiger partial charge in [0.15, 0.2) is 0 Å². The first-order chi connectivity index (χ1) is 8.59. The Hall–Kier alpha value is -1.35. The zero-order valence-corrected chi connectivity index (χ0v) is 11.3. The third-order valence-electron chi connectivity index (χ3n) is 3.91. The molecule has 0 aliphatic carbocycles. The minimum atomic E-state index is 0.0377. The van der Waals surface area contributed by atoms with Gasteiger partial charge in [-0.05, 0) is 50.5 Å². The Morgan fingerprint density at radius 3 is 2.50 bits per heavy atom. The molecule has 0 saturated carbocycles. The highest BCUT2D eigenvalue weighted by Crippen LogP contribution is 2.29. The van der Waals surface area contributed by atoms with E-state index in [2.05, 4.69) is 24.2 Å². The Kier molecular flexibility index (Phi) is 4.02. The highest BCUT2D eigenvalue weighted by Gasteiger charge is 2.29. The van der Waals surface area contributed by atoms with Crippen molar-refractivity contribution in [1.29, 1.82) is 0 Å². The molecule has 0 aromatic heterocycles. The van der Waals surface area contributed by atoms with E-state index >= 15 is 0 Å². The molecular formula is C15H22N2O. The Labute approximate surface area is 109 Å². The molecule has 3 heteroatoms. The van der Waals surface area contributed by atoms with Crippen molar-refractivity contribution in [3.05, 3.63) is 35.9 Å². The molecule has 0 spiro atoms. The van der Waals surface area contributed by atoms with E-state index in [1.807, 2.05) is 30.3 Å². The molecule has 2 rings (SSSR count). The van der Waals surface area contributed by atoms with Crippen molar-refractivity contribution in [2.24, 2.45) is 5.41 Å². The third kappa shape index (κ3) is 3.33. The van der Waals surface area contributed by atoms with Gasteiger partial charge >= 0.3 is 0 Å². The van der Waals surface area contributed by atoms with Crippen LogP contribution in [0.4, 0.5) is 0 Å². The maximum atomic E-state index is 12.0. The van der Waals surface area contributed by atoms with Gasteiger partial charge in [0, 0.05) is 12.1 Å². The predicted octanol–water partition coefficient (Wildman–Crippen LogP) is 2.15. The van der Waals surface area contributed by atoms with Crippen LogP contribution in [0, 0.1) is 5.41 Å². The first kappa shape index (κ1) is 13.1. The van der Waals surface area contributed by atoms with Crippen LogP contribution in [0.3, 0.4) is 0 Å². The molecule has 98 valence electrons. The second kappa shape index (κ2) is 5.53. The normalized spacial score (nSPS) is 19.4. The summed E-state index contributed by atoms with van der Waals surface area (Å²) in [7, 11) is 2.15. The fraction of sp³-hybridized carbons (Fsp3) is 0.533. The summed E-state index contributed by atoms with van der Waals surface area (Å²) in [4.78, 5) is 14.3. The van der Waals surface area contributed by atoms with Crippen molar-refractivity contribution in [1.82, 2.24) is 10.2 Å². The Morgan fingerprint density at radius 2 is 1.89 bits per heavy atom. The van der Waals surface area contributed by atoms with Crippen LogP contribution < -0.4 is 5.32 Å². The number of benzene rings is 1. The average molecular weight is 246 g/mol. The molecule has 1 heterocycles. The van der Waals surface area contributed by atoms with Crippen LogP contribution in [0.15, 0.2) is 30.3 Å². The van der Waals surface area contributed by atoms with Crippen LogP contribution >= 0.6 is 0 Å². The number of piperidine rings is 1. The molecule has 0 bridgehead atoms. The van der Waals surface area contributed by atoms with Gasteiger partial charge in [-0.25, -0.2) is 0 Å². The molecule has 3 nitrogen and oxygen atoms in total. The first-order valence-electron chi connectivity index (χ1n) is 6.61. The van der Waals surface area contributed by atoms with E-state index in [0.29, 0.717) is 0 Å². The largest absolute Gasteiger partial charge is 0.351 e. The number of hydrogen-bond donors (Lipinski definition) is 1. The molecular weight excluding hydrogens is 224 g/mol. The van der Waals surface area contributed by atoms with Crippen LogP contribution in [-0.4, -0.2) is 37.5 Å². The van der Waals surface area contributed by atoms with Crippen LogP contribution in [0.1, 0.15) is 30.1 Å². The van der Waals surface area contributed by atoms with Gasteiger partial charge < -0.3 is 10.2 Å². The summed E-state index contributed by atoms with van der Waals surface area (Å²) in [5.41, 5.74) is 0.991. The van der Waals surface area contributed by atoms with Gasteiger partial charge in [-0.1, -0.05) is 25.1 Å². The number of nitrogens with one attached hydrogen (secondary N) is 1. The van der Waals surface area contributed by atoms with Gasteiger partial charge in [0.25, 0.3) is 5.91 Å². The van der Waals surface area contributed by atoms with E-state index in [4.69, 9.17) is 0 Å². The SMILES string of the molecule is CN1CCC(C)(CNC(=O)c2ccccc2)CC1. The molecule has 1 amide bonds. The second-order valence-electron chi connectivity index (χ2n) is 5.66. The number of amides is 1. The summed E-state index contributed by atoms with van der Waals surface area (Å²) in [6, 6.07) is 9.42. The zero-order chi connectivity index (χ0) is 13.0. The van der Waals surface area contributed by atoms with Gasteiger partial charge in [-0.3, -0.25) is 4.79 Å². The molecule has 1 saturated heterocycles. The van der Waals surface area contributed by atoms with E-state index in [0.717, 1.165) is 38.0 Å². The summed E-state index contributed by atoms with van der Waals surface area (Å²) in [5, 5.41) is 3.07. The summed E-state index contributed by atoms with van der Waals surface area (Å²) in [5.74, 6) is 0.0377. The van der Waals surface area contributed by atoms with Gasteiger partial charge in [0.1, 0.15) is 0 Å². The summed E-state index contributed by atoms with van der Waals surface area (Å²) in [6.07, 6.45) is 2.30. The maximum absolute atomic E-state index is 12.0. The van der Waals surface area contributed by atoms with Crippen molar-refractivity contribution >= 4 is 5.91 Å². The second-order valence-corrected chi connectivity index (χ2v) is 5.66. The minimum absolute atomic E-state index is 0.0377. The minimum Gasteiger partial charge on any atom is -0.351 e. The van der Waals surface area contributed by atoms with Gasteiger partial charge in [0.2, 0.25) is 0 Å².